The number of halogens is 3. The molecular weight excluding hydrogens is 796 g/mol. The van der Waals surface area contributed by atoms with Crippen LogP contribution in [0.2, 0.25) is 0 Å². The molecule has 0 radical (unpaired) electrons. The number of likely N-dealkylation sites (N-methyl/N-ethyl adjacent to an activating group) is 1. The van der Waals surface area contributed by atoms with Crippen molar-refractivity contribution in [2.45, 2.75) is 96.3 Å². The van der Waals surface area contributed by atoms with Crippen molar-refractivity contribution in [2.24, 2.45) is 10.9 Å². The Kier molecular flexibility index (Phi) is 15.9. The highest BCUT2D eigenvalue weighted by Crippen LogP contribution is 2.38. The lowest BCUT2D eigenvalue weighted by atomic mass is 9.93. The van der Waals surface area contributed by atoms with E-state index in [1.54, 1.807) is 12.1 Å². The number of rotatable bonds is 18. The van der Waals surface area contributed by atoms with E-state index in [0.717, 1.165) is 83.5 Å². The summed E-state index contributed by atoms with van der Waals surface area (Å²) in [7, 11) is 1.52. The summed E-state index contributed by atoms with van der Waals surface area (Å²) in [6, 6.07) is 5.59. The number of likely N-dealkylation sites (tertiary alicyclic amines) is 2. The fraction of sp³-hybridized carbons (Fsp3) is 0.532. The van der Waals surface area contributed by atoms with Crippen LogP contribution in [0.5, 0.6) is 0 Å². The Morgan fingerprint density at radius 3 is 2.29 bits per heavy atom. The summed E-state index contributed by atoms with van der Waals surface area (Å²) in [6.45, 7) is 20.0. The fourth-order valence-corrected chi connectivity index (χ4v) is 9.41. The van der Waals surface area contributed by atoms with Crippen LogP contribution in [0.1, 0.15) is 92.9 Å². The Morgan fingerprint density at radius 2 is 1.68 bits per heavy atom. The smallest absolute Gasteiger partial charge is 0.255 e. The number of aromatic nitrogens is 2. The van der Waals surface area contributed by atoms with E-state index in [9.17, 15) is 14.4 Å². The first-order valence-electron chi connectivity index (χ1n) is 22.1. The Bertz CT molecular complexity index is 2060. The number of amides is 1. The molecule has 6 rings (SSSR count). The number of hydrogen-bond acceptors (Lipinski definition) is 11. The summed E-state index contributed by atoms with van der Waals surface area (Å²) in [5.41, 5.74) is 1.38. The molecule has 62 heavy (non-hydrogen) atoms. The first-order chi connectivity index (χ1) is 29.9. The normalized spacial score (nSPS) is 17.8. The number of piperidine rings is 3. The van der Waals surface area contributed by atoms with Crippen molar-refractivity contribution in [2.75, 3.05) is 74.5 Å². The third-order valence-corrected chi connectivity index (χ3v) is 13.0. The number of nitrogens with one attached hydrogen (secondary N) is 1. The van der Waals surface area contributed by atoms with Crippen LogP contribution < -0.4 is 15.1 Å². The molecule has 0 bridgehead atoms. The second kappa shape index (κ2) is 21.3. The monoisotopic (exact) mass is 857 g/mol. The molecule has 3 aliphatic rings. The summed E-state index contributed by atoms with van der Waals surface area (Å²) in [5, 5.41) is 3.42. The molecule has 3 aromatic rings. The van der Waals surface area contributed by atoms with E-state index in [2.05, 4.69) is 43.4 Å². The van der Waals surface area contributed by atoms with Gasteiger partial charge >= 0.3 is 0 Å². The summed E-state index contributed by atoms with van der Waals surface area (Å²) in [6.07, 6.45) is 10.7. The molecular formula is C47H62F3N9O3. The molecule has 1 aromatic heterocycles. The van der Waals surface area contributed by atoms with E-state index in [4.69, 9.17) is 0 Å². The van der Waals surface area contributed by atoms with Crippen LogP contribution in [-0.2, 0) is 4.79 Å². The molecule has 0 spiro atoms. The number of carbonyl (C=O) groups excluding carboxylic acids is 3. The van der Waals surface area contributed by atoms with Crippen LogP contribution >= 0.6 is 0 Å². The third-order valence-electron chi connectivity index (χ3n) is 13.0. The summed E-state index contributed by atoms with van der Waals surface area (Å²) in [4.78, 5) is 60.1. The molecule has 1 amide bonds. The zero-order valence-electron chi connectivity index (χ0n) is 36.7. The maximum Gasteiger partial charge on any atom is 0.255 e. The van der Waals surface area contributed by atoms with Gasteiger partial charge in [-0.1, -0.05) is 6.08 Å². The van der Waals surface area contributed by atoms with E-state index in [1.165, 1.54) is 24.1 Å². The quantitative estimate of drug-likeness (QED) is 0.0772. The van der Waals surface area contributed by atoms with E-state index >= 15 is 13.2 Å². The minimum Gasteiger partial charge on any atom is -0.369 e. The summed E-state index contributed by atoms with van der Waals surface area (Å²) < 4.78 is 45.8. The van der Waals surface area contributed by atoms with E-state index in [0.29, 0.717) is 79.9 Å². The molecule has 1 N–H and O–H groups in total. The number of aldehydes is 2. The zero-order valence-corrected chi connectivity index (χ0v) is 36.7. The molecule has 0 saturated carbocycles. The lowest BCUT2D eigenvalue weighted by molar-refractivity contribution is -0.111. The SMILES string of the molecule is C=CCCC(C=O)N(C)C(=O)c1cc(N2CCC(CN3CCC(N4CCC(Nc5ncc(F)c(-c6cc(F)c(N=C)c(N(CC)C(C)C)c6)n5)CC4)CC3)CC2)c(F)cc1C=O. The lowest BCUT2D eigenvalue weighted by Crippen LogP contribution is -2.50. The van der Waals surface area contributed by atoms with Crippen molar-refractivity contribution in [1.82, 2.24) is 24.7 Å². The second-order valence-corrected chi connectivity index (χ2v) is 17.2. The highest BCUT2D eigenvalue weighted by molar-refractivity contribution is 6.03. The fourth-order valence-electron chi connectivity index (χ4n) is 9.41. The predicted molar refractivity (Wildman–Crippen MR) is 241 cm³/mol. The van der Waals surface area contributed by atoms with Gasteiger partial charge in [0.15, 0.2) is 17.9 Å². The van der Waals surface area contributed by atoms with Gasteiger partial charge in [0, 0.05) is 75.6 Å². The third kappa shape index (κ3) is 10.7. The highest BCUT2D eigenvalue weighted by atomic mass is 19.1. The Balaban J connectivity index is 0.973. The van der Waals surface area contributed by atoms with Crippen LogP contribution in [0.3, 0.4) is 0 Å². The Labute approximate surface area is 364 Å². The molecule has 1 atom stereocenters. The number of aliphatic imine (C=N–C) groups is 1. The molecule has 3 aliphatic heterocycles. The van der Waals surface area contributed by atoms with Crippen LogP contribution in [0.25, 0.3) is 11.3 Å². The van der Waals surface area contributed by atoms with Gasteiger partial charge in [-0.3, -0.25) is 14.6 Å². The van der Waals surface area contributed by atoms with E-state index in [-0.39, 0.29) is 34.6 Å². The van der Waals surface area contributed by atoms with Crippen LogP contribution in [0, 0.1) is 23.4 Å². The van der Waals surface area contributed by atoms with Gasteiger partial charge in [0.1, 0.15) is 23.5 Å². The number of hydrogen-bond donors (Lipinski definition) is 1. The Hall–Kier alpha value is -5.15. The first-order valence-corrected chi connectivity index (χ1v) is 22.1. The van der Waals surface area contributed by atoms with Crippen LogP contribution in [0.4, 0.5) is 36.2 Å². The van der Waals surface area contributed by atoms with Gasteiger partial charge in [-0.05, 0) is 122 Å². The molecule has 0 aliphatic carbocycles. The van der Waals surface area contributed by atoms with Crippen molar-refractivity contribution >= 4 is 48.2 Å². The zero-order chi connectivity index (χ0) is 44.5. The topological polar surface area (TPSA) is 118 Å². The minimum absolute atomic E-state index is 0.0311. The lowest BCUT2D eigenvalue weighted by Gasteiger charge is -2.43. The standard InChI is InChI=1S/C47H62F3N9O3/c1-7-9-10-37(30-61)55(6)46(62)38-26-42(39(48)24-34(38)29-60)58-19-11-32(12-20-58)28-56-17-15-36(16-18-56)57-21-13-35(14-22-57)53-47-52-27-41(50)44(54-47)33-23-40(49)45(51-5)43(25-33)59(8-2)31(3)4/h7,23-27,29-32,35-37H,1,5,8-22,28H2,2-4,6H3,(H,52,53,54). The van der Waals surface area contributed by atoms with Gasteiger partial charge in [0.25, 0.3) is 5.91 Å². The number of benzene rings is 2. The molecule has 12 nitrogen and oxygen atoms in total. The summed E-state index contributed by atoms with van der Waals surface area (Å²) in [5.74, 6) is -1.46. The van der Waals surface area contributed by atoms with Gasteiger partial charge in [-0.2, -0.15) is 0 Å². The average Bonchev–Trinajstić information content (AvgIpc) is 3.27. The molecule has 334 valence electrons. The number of allylic oxidation sites excluding steroid dienone is 1. The van der Waals surface area contributed by atoms with E-state index in [1.807, 2.05) is 30.6 Å². The maximum atomic E-state index is 15.4. The predicted octanol–water partition coefficient (Wildman–Crippen LogP) is 7.80. The summed E-state index contributed by atoms with van der Waals surface area (Å²) >= 11 is 0. The average molecular weight is 858 g/mol. The van der Waals surface area contributed by atoms with Gasteiger partial charge in [-0.25, -0.2) is 23.1 Å². The van der Waals surface area contributed by atoms with Crippen molar-refractivity contribution in [1.29, 1.82) is 0 Å². The minimum atomic E-state index is -0.679. The van der Waals surface area contributed by atoms with Gasteiger partial charge in [0.05, 0.1) is 29.2 Å². The number of nitrogens with zero attached hydrogens (tertiary/aromatic N) is 8. The number of carbonyl (C=O) groups is 3. The van der Waals surface area contributed by atoms with Crippen LogP contribution in [0.15, 0.2) is 48.1 Å². The molecule has 1 unspecified atom stereocenters. The second-order valence-electron chi connectivity index (χ2n) is 17.2. The highest BCUT2D eigenvalue weighted by Gasteiger charge is 2.32. The molecule has 2 aromatic carbocycles. The van der Waals surface area contributed by atoms with E-state index < -0.39 is 29.4 Å². The first kappa shape index (κ1) is 46.4. The van der Waals surface area contributed by atoms with Crippen molar-refractivity contribution in [3.8, 4) is 11.3 Å². The van der Waals surface area contributed by atoms with Crippen molar-refractivity contribution in [3.05, 3.63) is 71.7 Å². The largest absolute Gasteiger partial charge is 0.369 e. The van der Waals surface area contributed by atoms with Crippen LogP contribution in [-0.4, -0.2) is 133 Å². The van der Waals surface area contributed by atoms with Gasteiger partial charge in [0.2, 0.25) is 5.95 Å². The Morgan fingerprint density at radius 1 is 0.968 bits per heavy atom. The van der Waals surface area contributed by atoms with Crippen molar-refractivity contribution in [3.63, 3.8) is 0 Å². The molecule has 3 fully saturated rings. The maximum absolute atomic E-state index is 15.4. The molecule has 3 saturated heterocycles. The number of anilines is 3. The van der Waals surface area contributed by atoms with Crippen molar-refractivity contribution < 1.29 is 27.6 Å². The molecule has 15 heteroatoms. The molecule has 4 heterocycles. The van der Waals surface area contributed by atoms with Gasteiger partial charge < -0.3 is 34.6 Å². The van der Waals surface area contributed by atoms with Gasteiger partial charge in [-0.15, -0.1) is 6.58 Å².